The summed E-state index contributed by atoms with van der Waals surface area (Å²) in [7, 11) is 1.12. The molecule has 0 spiro atoms. The third-order valence-electron chi connectivity index (χ3n) is 9.45. The molecule has 3 unspecified atom stereocenters. The summed E-state index contributed by atoms with van der Waals surface area (Å²) in [6.45, 7) is 4.01. The first-order valence-electron chi connectivity index (χ1n) is 22.1. The summed E-state index contributed by atoms with van der Waals surface area (Å²) < 4.78 is 39.7. The number of phosphoric ester groups is 1. The van der Waals surface area contributed by atoms with Gasteiger partial charge in [0.05, 0.1) is 40.0 Å². The Labute approximate surface area is 347 Å². The molecular formula is C46H80NO9P. The van der Waals surface area contributed by atoms with Crippen molar-refractivity contribution in [1.82, 2.24) is 0 Å². The molecule has 0 aromatic carbocycles. The van der Waals surface area contributed by atoms with Crippen molar-refractivity contribution in [3.05, 3.63) is 60.8 Å². The maximum absolute atomic E-state index is 12.7. The molecule has 1 saturated heterocycles. The number of unbranched alkanes of at least 4 members (excludes halogenated alkanes) is 11. The van der Waals surface area contributed by atoms with Crippen molar-refractivity contribution in [2.75, 3.05) is 47.5 Å². The average molecular weight is 822 g/mol. The summed E-state index contributed by atoms with van der Waals surface area (Å²) in [6, 6.07) is 0. The van der Waals surface area contributed by atoms with Crippen LogP contribution in [0.25, 0.3) is 0 Å². The van der Waals surface area contributed by atoms with E-state index in [0.717, 1.165) is 96.3 Å². The van der Waals surface area contributed by atoms with Gasteiger partial charge in [0.15, 0.2) is 6.10 Å². The van der Waals surface area contributed by atoms with E-state index in [1.807, 2.05) is 21.1 Å². The van der Waals surface area contributed by atoms with E-state index in [9.17, 15) is 19.0 Å². The Hall–Kier alpha value is -2.33. The fourth-order valence-corrected chi connectivity index (χ4v) is 6.61. The summed E-state index contributed by atoms with van der Waals surface area (Å²) in [5, 5.41) is 0. The summed E-state index contributed by atoms with van der Waals surface area (Å²) in [5.74, 6) is -0.891. The zero-order valence-corrected chi connectivity index (χ0v) is 37.4. The predicted molar refractivity (Wildman–Crippen MR) is 231 cm³/mol. The standard InChI is InChI=1S/C46H80NO9P/c1-6-8-10-12-14-15-16-17-18-19-20-21-22-23-24-28-32-36-45(48)52-40-42(41-54-57(50,51)53-39-38-47(3,4)5)55-46(49)37-33-29-25-27-31-35-44-43(56-44)34-30-26-13-11-9-7-2/h8,10,14-15,17-18,20-21,26,30,42-44H,6-7,9,11-13,16,19,22-25,27-29,31-41H2,1-5H3/b10-8-,15-14-,18-17-,21-20-,30-26-/t42-,43?,44?/m1/s1. The second-order valence-electron chi connectivity index (χ2n) is 16.1. The molecular weight excluding hydrogens is 741 g/mol. The van der Waals surface area contributed by atoms with Gasteiger partial charge in [-0.2, -0.15) is 0 Å². The van der Waals surface area contributed by atoms with Gasteiger partial charge in [0, 0.05) is 12.8 Å². The minimum absolute atomic E-state index is 0.0437. The van der Waals surface area contributed by atoms with Crippen molar-refractivity contribution >= 4 is 19.8 Å². The van der Waals surface area contributed by atoms with Crippen LogP contribution < -0.4 is 4.89 Å². The number of likely N-dealkylation sites (N-methyl/N-ethyl adjacent to an activating group) is 1. The number of nitrogens with zero attached hydrogens (tertiary/aromatic N) is 1. The average Bonchev–Trinajstić information content (AvgIpc) is 3.92. The van der Waals surface area contributed by atoms with E-state index in [0.29, 0.717) is 36.1 Å². The number of hydrogen-bond acceptors (Lipinski definition) is 9. The zero-order valence-electron chi connectivity index (χ0n) is 36.5. The Balaban J connectivity index is 2.31. The van der Waals surface area contributed by atoms with Gasteiger partial charge in [0.2, 0.25) is 0 Å². The van der Waals surface area contributed by atoms with Gasteiger partial charge in [-0.05, 0) is 77.0 Å². The first kappa shape index (κ1) is 52.7. The lowest BCUT2D eigenvalue weighted by molar-refractivity contribution is -0.870. The lowest BCUT2D eigenvalue weighted by Crippen LogP contribution is -2.37. The van der Waals surface area contributed by atoms with Crippen LogP contribution in [0.3, 0.4) is 0 Å². The van der Waals surface area contributed by atoms with Crippen molar-refractivity contribution in [1.29, 1.82) is 0 Å². The molecule has 0 aromatic heterocycles. The van der Waals surface area contributed by atoms with Gasteiger partial charge in [0.25, 0.3) is 7.82 Å². The Morgan fingerprint density at radius 3 is 1.88 bits per heavy atom. The van der Waals surface area contributed by atoms with Gasteiger partial charge in [-0.1, -0.05) is 126 Å². The maximum Gasteiger partial charge on any atom is 0.306 e. The summed E-state index contributed by atoms with van der Waals surface area (Å²) in [6.07, 6.45) is 42.6. The fourth-order valence-electron chi connectivity index (χ4n) is 5.89. The van der Waals surface area contributed by atoms with Gasteiger partial charge in [0.1, 0.15) is 19.8 Å². The Morgan fingerprint density at radius 2 is 1.23 bits per heavy atom. The molecule has 11 heteroatoms. The Kier molecular flexibility index (Phi) is 31.9. The molecule has 0 N–H and O–H groups in total. The van der Waals surface area contributed by atoms with E-state index in [1.54, 1.807) is 0 Å². The Morgan fingerprint density at radius 1 is 0.667 bits per heavy atom. The number of carbonyl (C=O) groups is 2. The van der Waals surface area contributed by atoms with Gasteiger partial charge < -0.3 is 32.6 Å². The molecule has 1 rings (SSSR count). The number of esters is 2. The number of quaternary nitrogens is 1. The molecule has 0 amide bonds. The summed E-state index contributed by atoms with van der Waals surface area (Å²) >= 11 is 0. The number of ether oxygens (including phenoxy) is 3. The Bertz CT molecular complexity index is 1220. The highest BCUT2D eigenvalue weighted by Crippen LogP contribution is 2.38. The van der Waals surface area contributed by atoms with Gasteiger partial charge in [-0.25, -0.2) is 0 Å². The molecule has 0 radical (unpaired) electrons. The molecule has 1 fully saturated rings. The highest BCUT2D eigenvalue weighted by molar-refractivity contribution is 7.45. The van der Waals surface area contributed by atoms with Crippen molar-refractivity contribution in [3.8, 4) is 0 Å². The third-order valence-corrected chi connectivity index (χ3v) is 10.4. The number of rotatable bonds is 38. The zero-order chi connectivity index (χ0) is 41.9. The second kappa shape index (κ2) is 34.5. The molecule has 1 heterocycles. The van der Waals surface area contributed by atoms with E-state index < -0.39 is 32.5 Å². The van der Waals surface area contributed by atoms with Gasteiger partial charge in [-0.15, -0.1) is 0 Å². The van der Waals surface area contributed by atoms with Crippen LogP contribution in [-0.2, 0) is 37.4 Å². The highest BCUT2D eigenvalue weighted by atomic mass is 31.2. The van der Waals surface area contributed by atoms with Crippen LogP contribution in [0.5, 0.6) is 0 Å². The maximum atomic E-state index is 12.7. The second-order valence-corrected chi connectivity index (χ2v) is 17.5. The molecule has 0 bridgehead atoms. The smallest absolute Gasteiger partial charge is 0.306 e. The van der Waals surface area contributed by atoms with Gasteiger partial charge >= 0.3 is 11.9 Å². The number of carbonyl (C=O) groups excluding carboxylic acids is 2. The third kappa shape index (κ3) is 35.3. The van der Waals surface area contributed by atoms with Crippen LogP contribution in [0.1, 0.15) is 155 Å². The van der Waals surface area contributed by atoms with Crippen LogP contribution in [0.15, 0.2) is 60.8 Å². The normalized spacial score (nSPS) is 17.7. The lowest BCUT2D eigenvalue weighted by atomic mass is 10.1. The van der Waals surface area contributed by atoms with Crippen LogP contribution in [-0.4, -0.2) is 82.2 Å². The van der Waals surface area contributed by atoms with E-state index in [4.69, 9.17) is 23.3 Å². The topological polar surface area (TPSA) is 124 Å². The van der Waals surface area contributed by atoms with E-state index in [1.165, 1.54) is 19.3 Å². The van der Waals surface area contributed by atoms with Crippen molar-refractivity contribution in [3.63, 3.8) is 0 Å². The summed E-state index contributed by atoms with van der Waals surface area (Å²) in [4.78, 5) is 37.6. The van der Waals surface area contributed by atoms with Crippen molar-refractivity contribution in [2.24, 2.45) is 0 Å². The monoisotopic (exact) mass is 822 g/mol. The molecule has 1 aliphatic rings. The fraction of sp³-hybridized carbons (Fsp3) is 0.739. The largest absolute Gasteiger partial charge is 0.756 e. The minimum Gasteiger partial charge on any atom is -0.756 e. The molecule has 57 heavy (non-hydrogen) atoms. The molecule has 0 aromatic rings. The number of allylic oxidation sites excluding steroid dienone is 9. The molecule has 0 saturated carbocycles. The highest BCUT2D eigenvalue weighted by Gasteiger charge is 2.36. The number of hydrogen-bond donors (Lipinski definition) is 0. The quantitative estimate of drug-likeness (QED) is 0.0149. The number of phosphoric acid groups is 1. The van der Waals surface area contributed by atoms with Crippen LogP contribution in [0.4, 0.5) is 0 Å². The first-order chi connectivity index (χ1) is 27.5. The molecule has 10 nitrogen and oxygen atoms in total. The predicted octanol–water partition coefficient (Wildman–Crippen LogP) is 10.8. The lowest BCUT2D eigenvalue weighted by Gasteiger charge is -2.28. The van der Waals surface area contributed by atoms with Crippen molar-refractivity contribution in [2.45, 2.75) is 173 Å². The molecule has 1 aliphatic heterocycles. The molecule has 328 valence electrons. The van der Waals surface area contributed by atoms with Crippen LogP contribution in [0.2, 0.25) is 0 Å². The molecule has 4 atom stereocenters. The SMILES string of the molecule is CC/C=C\C/C=C\C/C=C\C/C=C\CCCCCCC(=O)OC[C@H](COP(=O)([O-])OCC[N+](C)(C)C)OC(=O)CCCCCCCC1OC1C/C=C\CCCCC. The van der Waals surface area contributed by atoms with E-state index in [-0.39, 0.29) is 26.1 Å². The van der Waals surface area contributed by atoms with Crippen LogP contribution in [0, 0.1) is 0 Å². The van der Waals surface area contributed by atoms with Crippen molar-refractivity contribution < 1.29 is 46.8 Å². The molecule has 0 aliphatic carbocycles. The van der Waals surface area contributed by atoms with Gasteiger partial charge in [-0.3, -0.25) is 14.2 Å². The van der Waals surface area contributed by atoms with E-state index in [2.05, 4.69) is 74.6 Å². The van der Waals surface area contributed by atoms with Crippen LogP contribution >= 0.6 is 7.82 Å². The minimum atomic E-state index is -4.64. The summed E-state index contributed by atoms with van der Waals surface area (Å²) in [5.41, 5.74) is 0. The van der Waals surface area contributed by atoms with E-state index >= 15 is 0 Å². The number of epoxide rings is 1. The first-order valence-corrected chi connectivity index (χ1v) is 23.6.